The number of rotatable bonds is 12. The molecule has 6 aromatic rings. The third-order valence-corrected chi connectivity index (χ3v) is 9.69. The van der Waals surface area contributed by atoms with Gasteiger partial charge in [0.15, 0.2) is 11.6 Å². The molecule has 0 saturated carbocycles. The van der Waals surface area contributed by atoms with Crippen molar-refractivity contribution in [2.75, 3.05) is 6.61 Å². The molecule has 0 saturated heterocycles. The first-order valence-corrected chi connectivity index (χ1v) is 17.1. The molecule has 0 N–H and O–H groups in total. The Labute approximate surface area is 278 Å². The topological polar surface area (TPSA) is 48.3 Å². The third-order valence-electron chi connectivity index (χ3n) is 9.69. The number of aryl methyl sites for hydroxylation is 3. The van der Waals surface area contributed by atoms with Crippen LogP contribution in [0.2, 0.25) is 0 Å². The van der Waals surface area contributed by atoms with Gasteiger partial charge < -0.3 is 9.30 Å². The number of aromatic nitrogens is 1. The quantitative estimate of drug-likeness (QED) is 0.127. The van der Waals surface area contributed by atoms with Gasteiger partial charge in [-0.25, -0.2) is 0 Å². The van der Waals surface area contributed by atoms with Crippen molar-refractivity contribution in [3.63, 3.8) is 0 Å². The lowest BCUT2D eigenvalue weighted by atomic mass is 9.89. The molecule has 1 atom stereocenters. The first-order chi connectivity index (χ1) is 22.8. The van der Waals surface area contributed by atoms with Crippen LogP contribution in [0.4, 0.5) is 0 Å². The fraction of sp³-hybridized carbons (Fsp3) is 0.302. The highest BCUT2D eigenvalue weighted by Crippen LogP contribution is 2.39. The SMILES string of the molecule is CCCCC(CC)Cn1c2ccc(C(=O)c3ccccc3OCC)cc2c2cc(C(=O)c3c(C)cc(C)cc3C)c3ccccc3c21. The lowest BCUT2D eigenvalue weighted by Crippen LogP contribution is -2.11. The van der Waals surface area contributed by atoms with Crippen LogP contribution in [0.25, 0.3) is 32.6 Å². The van der Waals surface area contributed by atoms with Gasteiger partial charge in [-0.3, -0.25) is 9.59 Å². The molecule has 1 heterocycles. The van der Waals surface area contributed by atoms with Crippen molar-refractivity contribution in [2.45, 2.75) is 73.8 Å². The van der Waals surface area contributed by atoms with Crippen LogP contribution in [-0.2, 0) is 6.54 Å². The first-order valence-electron chi connectivity index (χ1n) is 17.1. The number of fused-ring (bicyclic) bond motifs is 5. The van der Waals surface area contributed by atoms with Crippen LogP contribution in [0.5, 0.6) is 5.75 Å². The van der Waals surface area contributed by atoms with E-state index in [0.29, 0.717) is 35.0 Å². The van der Waals surface area contributed by atoms with Crippen molar-refractivity contribution >= 4 is 44.1 Å². The van der Waals surface area contributed by atoms with E-state index in [1.54, 1.807) is 0 Å². The normalized spacial score (nSPS) is 12.2. The van der Waals surface area contributed by atoms with Crippen molar-refractivity contribution in [1.82, 2.24) is 4.57 Å². The van der Waals surface area contributed by atoms with Crippen molar-refractivity contribution in [2.24, 2.45) is 5.92 Å². The Morgan fingerprint density at radius 1 is 0.723 bits per heavy atom. The molecule has 0 fully saturated rings. The van der Waals surface area contributed by atoms with E-state index in [9.17, 15) is 9.59 Å². The Morgan fingerprint density at radius 2 is 1.43 bits per heavy atom. The minimum absolute atomic E-state index is 0.0336. The maximum Gasteiger partial charge on any atom is 0.196 e. The molecule has 1 unspecified atom stereocenters. The van der Waals surface area contributed by atoms with Crippen LogP contribution >= 0.6 is 0 Å². The molecule has 0 amide bonds. The van der Waals surface area contributed by atoms with Gasteiger partial charge in [-0.1, -0.05) is 87.2 Å². The minimum atomic E-state index is -0.0748. The molecule has 0 spiro atoms. The molecule has 4 heteroatoms. The van der Waals surface area contributed by atoms with Gasteiger partial charge in [-0.15, -0.1) is 0 Å². The Bertz CT molecular complexity index is 2110. The average molecular weight is 624 g/mol. The fourth-order valence-electron chi connectivity index (χ4n) is 7.42. The van der Waals surface area contributed by atoms with E-state index in [1.165, 1.54) is 19.3 Å². The standard InChI is InChI=1S/C43H45NO3/c1-7-10-15-30(8-2)26-44-38-21-20-31(42(45)34-18-13-14-19-39(34)47-9-3)24-35(38)36-25-37(32-16-11-12-17-33(32)41(36)44)43(46)40-28(5)22-27(4)23-29(40)6/h11-14,16-25,30H,7-10,15,26H2,1-6H3. The van der Waals surface area contributed by atoms with Gasteiger partial charge in [0.1, 0.15) is 5.75 Å². The summed E-state index contributed by atoms with van der Waals surface area (Å²) in [7, 11) is 0. The number of benzene rings is 5. The van der Waals surface area contributed by atoms with Gasteiger partial charge in [-0.2, -0.15) is 0 Å². The summed E-state index contributed by atoms with van der Waals surface area (Å²) in [4.78, 5) is 28.5. The van der Waals surface area contributed by atoms with Gasteiger partial charge >= 0.3 is 0 Å². The Morgan fingerprint density at radius 3 is 2.13 bits per heavy atom. The van der Waals surface area contributed by atoms with E-state index in [2.05, 4.69) is 67.8 Å². The van der Waals surface area contributed by atoms with Crippen molar-refractivity contribution in [1.29, 1.82) is 0 Å². The summed E-state index contributed by atoms with van der Waals surface area (Å²) < 4.78 is 8.28. The molecular formula is C43H45NO3. The molecule has 5 aromatic carbocycles. The largest absolute Gasteiger partial charge is 0.493 e. The van der Waals surface area contributed by atoms with Crippen LogP contribution in [0.15, 0.2) is 84.9 Å². The Kier molecular flexibility index (Phi) is 9.31. The zero-order valence-electron chi connectivity index (χ0n) is 28.6. The second-order valence-electron chi connectivity index (χ2n) is 13.0. The number of hydrogen-bond acceptors (Lipinski definition) is 3. The number of nitrogens with zero attached hydrogens (tertiary/aromatic N) is 1. The zero-order chi connectivity index (χ0) is 33.2. The van der Waals surface area contributed by atoms with Crippen molar-refractivity contribution < 1.29 is 14.3 Å². The highest BCUT2D eigenvalue weighted by atomic mass is 16.5. The summed E-state index contributed by atoms with van der Waals surface area (Å²) in [5.41, 5.74) is 7.94. The van der Waals surface area contributed by atoms with Crippen molar-refractivity contribution in [3.8, 4) is 5.75 Å². The van der Waals surface area contributed by atoms with Crippen LogP contribution in [0, 0.1) is 26.7 Å². The lowest BCUT2D eigenvalue weighted by molar-refractivity contribution is 0.102. The molecule has 47 heavy (non-hydrogen) atoms. The molecular weight excluding hydrogens is 578 g/mol. The minimum Gasteiger partial charge on any atom is -0.493 e. The summed E-state index contributed by atoms with van der Waals surface area (Å²) >= 11 is 0. The number of carbonyl (C=O) groups is 2. The van der Waals surface area contributed by atoms with Gasteiger partial charge in [0, 0.05) is 44.9 Å². The molecule has 0 aliphatic heterocycles. The molecule has 240 valence electrons. The predicted molar refractivity (Wildman–Crippen MR) is 195 cm³/mol. The summed E-state index contributed by atoms with van der Waals surface area (Å²) in [6, 6.07) is 28.1. The van der Waals surface area contributed by atoms with Crippen LogP contribution in [0.3, 0.4) is 0 Å². The molecule has 4 nitrogen and oxygen atoms in total. The fourth-order valence-corrected chi connectivity index (χ4v) is 7.42. The lowest BCUT2D eigenvalue weighted by Gasteiger charge is -2.19. The third kappa shape index (κ3) is 5.98. The van der Waals surface area contributed by atoms with E-state index in [0.717, 1.165) is 67.8 Å². The van der Waals surface area contributed by atoms with Crippen LogP contribution < -0.4 is 4.74 Å². The maximum absolute atomic E-state index is 14.5. The van der Waals surface area contributed by atoms with Crippen LogP contribution in [0.1, 0.15) is 95.0 Å². The van der Waals surface area contributed by atoms with E-state index >= 15 is 0 Å². The zero-order valence-corrected chi connectivity index (χ0v) is 28.6. The van der Waals surface area contributed by atoms with Crippen molar-refractivity contribution in [3.05, 3.63) is 124 Å². The summed E-state index contributed by atoms with van der Waals surface area (Å²) in [5, 5.41) is 4.01. The second kappa shape index (κ2) is 13.6. The maximum atomic E-state index is 14.5. The predicted octanol–water partition coefficient (Wildman–Crippen LogP) is 11.0. The summed E-state index contributed by atoms with van der Waals surface area (Å²) in [5.74, 6) is 1.07. The first kappa shape index (κ1) is 32.2. The smallest absolute Gasteiger partial charge is 0.196 e. The number of ketones is 2. The number of unbranched alkanes of at least 4 members (excludes halogenated alkanes) is 1. The monoisotopic (exact) mass is 623 g/mol. The van der Waals surface area contributed by atoms with E-state index < -0.39 is 0 Å². The van der Waals surface area contributed by atoms with E-state index in [4.69, 9.17) is 4.74 Å². The summed E-state index contributed by atoms with van der Waals surface area (Å²) in [6.45, 7) is 13.9. The molecule has 1 aromatic heterocycles. The average Bonchev–Trinajstić information content (AvgIpc) is 3.38. The van der Waals surface area contributed by atoms with Gasteiger partial charge in [0.25, 0.3) is 0 Å². The highest BCUT2D eigenvalue weighted by Gasteiger charge is 2.24. The summed E-state index contributed by atoms with van der Waals surface area (Å²) in [6.07, 6.45) is 4.62. The Hall–Kier alpha value is -4.70. The second-order valence-corrected chi connectivity index (χ2v) is 13.0. The van der Waals surface area contributed by atoms with E-state index in [-0.39, 0.29) is 11.6 Å². The number of para-hydroxylation sites is 1. The van der Waals surface area contributed by atoms with E-state index in [1.807, 2.05) is 63.2 Å². The molecule has 0 radical (unpaired) electrons. The molecule has 0 aliphatic carbocycles. The number of hydrogen-bond donors (Lipinski definition) is 0. The molecule has 0 aliphatic rings. The molecule has 6 rings (SSSR count). The van der Waals surface area contributed by atoms with Gasteiger partial charge in [0.05, 0.1) is 17.7 Å². The number of ether oxygens (including phenoxy) is 1. The van der Waals surface area contributed by atoms with Gasteiger partial charge in [0.2, 0.25) is 0 Å². The number of carbonyl (C=O) groups excluding carboxylic acids is 2. The molecule has 0 bridgehead atoms. The van der Waals surface area contributed by atoms with Gasteiger partial charge in [-0.05, 0) is 92.9 Å². The highest BCUT2D eigenvalue weighted by molar-refractivity contribution is 6.27. The Balaban J connectivity index is 1.64. The van der Waals surface area contributed by atoms with Crippen LogP contribution in [-0.4, -0.2) is 22.7 Å².